The molecule has 1 aromatic rings. The van der Waals surface area contributed by atoms with Crippen LogP contribution in [0.15, 0.2) is 29.3 Å². The first-order valence-corrected chi connectivity index (χ1v) is 8.60. The number of hydrogen-bond donors (Lipinski definition) is 3. The Morgan fingerprint density at radius 3 is 2.40 bits per heavy atom. The highest BCUT2D eigenvalue weighted by Crippen LogP contribution is 2.16. The van der Waals surface area contributed by atoms with Crippen LogP contribution in [-0.2, 0) is 11.3 Å². The Kier molecular flexibility index (Phi) is 6.80. The quantitative estimate of drug-likeness (QED) is 0.540. The largest absolute Gasteiger partial charge is 0.368 e. The molecule has 1 aliphatic rings. The number of carbonyl (C=O) groups excluding carboxylic acids is 2. The summed E-state index contributed by atoms with van der Waals surface area (Å²) in [5, 5.41) is 5.84. The SMILES string of the molecule is CN=C(NCc1ccc(C(=O)NCC(N)=O)cc1)N1CCC(C)CC1. The van der Waals surface area contributed by atoms with Crippen molar-refractivity contribution in [3.63, 3.8) is 0 Å². The number of guanidine groups is 1. The molecule has 0 unspecified atom stereocenters. The number of aliphatic imine (C=N–C) groups is 1. The second kappa shape index (κ2) is 9.05. The van der Waals surface area contributed by atoms with E-state index in [1.54, 1.807) is 19.2 Å². The van der Waals surface area contributed by atoms with Gasteiger partial charge in [0, 0.05) is 32.2 Å². The standard InChI is InChI=1S/C18H27N5O2/c1-13-7-9-23(10-8-13)18(20-2)22-11-14-3-5-15(6-4-14)17(25)21-12-16(19)24/h3-6,13H,7-12H2,1-2H3,(H2,19,24)(H,20,22)(H,21,25). The number of carbonyl (C=O) groups is 2. The van der Waals surface area contributed by atoms with Crippen molar-refractivity contribution in [3.05, 3.63) is 35.4 Å². The molecule has 136 valence electrons. The van der Waals surface area contributed by atoms with Crippen LogP contribution in [0.25, 0.3) is 0 Å². The summed E-state index contributed by atoms with van der Waals surface area (Å²) >= 11 is 0. The predicted octanol–water partition coefficient (Wildman–Crippen LogP) is 0.709. The zero-order valence-corrected chi connectivity index (χ0v) is 14.9. The van der Waals surface area contributed by atoms with Crippen molar-refractivity contribution in [1.82, 2.24) is 15.5 Å². The smallest absolute Gasteiger partial charge is 0.251 e. The number of likely N-dealkylation sites (tertiary alicyclic amines) is 1. The first-order valence-electron chi connectivity index (χ1n) is 8.60. The van der Waals surface area contributed by atoms with Crippen molar-refractivity contribution in [2.45, 2.75) is 26.3 Å². The van der Waals surface area contributed by atoms with Crippen LogP contribution >= 0.6 is 0 Å². The number of hydrogen-bond acceptors (Lipinski definition) is 3. The topological polar surface area (TPSA) is 99.8 Å². The molecule has 0 spiro atoms. The Balaban J connectivity index is 1.86. The molecule has 0 aliphatic carbocycles. The third kappa shape index (κ3) is 5.77. The Morgan fingerprint density at radius 2 is 1.84 bits per heavy atom. The van der Waals surface area contributed by atoms with Gasteiger partial charge in [0.1, 0.15) is 0 Å². The van der Waals surface area contributed by atoms with Gasteiger partial charge < -0.3 is 21.3 Å². The third-order valence-electron chi connectivity index (χ3n) is 4.38. The molecule has 1 fully saturated rings. The summed E-state index contributed by atoms with van der Waals surface area (Å²) in [6.45, 7) is 4.82. The van der Waals surface area contributed by atoms with E-state index in [0.717, 1.165) is 30.5 Å². The Bertz CT molecular complexity index is 619. The number of nitrogens with zero attached hydrogens (tertiary/aromatic N) is 2. The molecule has 7 nitrogen and oxygen atoms in total. The highest BCUT2D eigenvalue weighted by molar-refractivity contribution is 5.96. The molecular weight excluding hydrogens is 318 g/mol. The average Bonchev–Trinajstić information content (AvgIpc) is 2.62. The van der Waals surface area contributed by atoms with Crippen molar-refractivity contribution >= 4 is 17.8 Å². The summed E-state index contributed by atoms with van der Waals surface area (Å²) in [5.74, 6) is 0.821. The van der Waals surface area contributed by atoms with E-state index >= 15 is 0 Å². The van der Waals surface area contributed by atoms with Gasteiger partial charge in [-0.25, -0.2) is 0 Å². The summed E-state index contributed by atoms with van der Waals surface area (Å²) in [7, 11) is 1.80. The minimum Gasteiger partial charge on any atom is -0.368 e. The fourth-order valence-corrected chi connectivity index (χ4v) is 2.78. The maximum atomic E-state index is 11.8. The molecule has 0 aromatic heterocycles. The van der Waals surface area contributed by atoms with Gasteiger partial charge in [0.15, 0.2) is 5.96 Å². The van der Waals surface area contributed by atoms with E-state index in [-0.39, 0.29) is 12.5 Å². The molecule has 0 bridgehead atoms. The zero-order chi connectivity index (χ0) is 18.2. The molecule has 1 aromatic carbocycles. The van der Waals surface area contributed by atoms with E-state index in [2.05, 4.69) is 27.4 Å². The number of nitrogens with two attached hydrogens (primary N) is 1. The molecule has 2 rings (SSSR count). The highest BCUT2D eigenvalue weighted by atomic mass is 16.2. The van der Waals surface area contributed by atoms with E-state index in [9.17, 15) is 9.59 Å². The van der Waals surface area contributed by atoms with Gasteiger partial charge in [-0.15, -0.1) is 0 Å². The van der Waals surface area contributed by atoms with Crippen LogP contribution in [0.5, 0.6) is 0 Å². The molecule has 2 amide bonds. The minimum absolute atomic E-state index is 0.160. The normalized spacial score (nSPS) is 15.8. The molecular formula is C18H27N5O2. The number of primary amides is 1. The second-order valence-corrected chi connectivity index (χ2v) is 6.42. The lowest BCUT2D eigenvalue weighted by molar-refractivity contribution is -0.117. The van der Waals surface area contributed by atoms with Gasteiger partial charge in [0.05, 0.1) is 6.54 Å². The first-order chi connectivity index (χ1) is 12.0. The fourth-order valence-electron chi connectivity index (χ4n) is 2.78. The minimum atomic E-state index is -0.562. The monoisotopic (exact) mass is 345 g/mol. The Morgan fingerprint density at radius 1 is 1.20 bits per heavy atom. The van der Waals surface area contributed by atoms with Crippen LogP contribution in [0.3, 0.4) is 0 Å². The van der Waals surface area contributed by atoms with Gasteiger partial charge in [0.25, 0.3) is 5.91 Å². The van der Waals surface area contributed by atoms with Gasteiger partial charge in [-0.3, -0.25) is 14.6 Å². The summed E-state index contributed by atoms with van der Waals surface area (Å²) < 4.78 is 0. The van der Waals surface area contributed by atoms with Crippen LogP contribution < -0.4 is 16.4 Å². The lowest BCUT2D eigenvalue weighted by Gasteiger charge is -2.32. The van der Waals surface area contributed by atoms with Crippen molar-refractivity contribution in [3.8, 4) is 0 Å². The Hall–Kier alpha value is -2.57. The zero-order valence-electron chi connectivity index (χ0n) is 14.9. The second-order valence-electron chi connectivity index (χ2n) is 6.42. The number of benzene rings is 1. The van der Waals surface area contributed by atoms with Gasteiger partial charge in [-0.1, -0.05) is 19.1 Å². The van der Waals surface area contributed by atoms with E-state index in [1.807, 2.05) is 12.1 Å². The number of nitrogens with one attached hydrogen (secondary N) is 2. The van der Waals surface area contributed by atoms with Crippen LogP contribution in [0.2, 0.25) is 0 Å². The van der Waals surface area contributed by atoms with E-state index in [4.69, 9.17) is 5.73 Å². The molecule has 1 heterocycles. The van der Waals surface area contributed by atoms with Gasteiger partial charge in [-0.2, -0.15) is 0 Å². The lowest BCUT2D eigenvalue weighted by atomic mass is 9.99. The van der Waals surface area contributed by atoms with Crippen LogP contribution in [0.4, 0.5) is 0 Å². The molecule has 1 saturated heterocycles. The molecule has 4 N–H and O–H groups in total. The summed E-state index contributed by atoms with van der Waals surface area (Å²) in [4.78, 5) is 29.2. The molecule has 0 radical (unpaired) electrons. The fraction of sp³-hybridized carbons (Fsp3) is 0.500. The predicted molar refractivity (Wildman–Crippen MR) is 98.1 cm³/mol. The average molecular weight is 345 g/mol. The van der Waals surface area contributed by atoms with Gasteiger partial charge in [-0.05, 0) is 36.5 Å². The van der Waals surface area contributed by atoms with Crippen molar-refractivity contribution in [1.29, 1.82) is 0 Å². The molecule has 0 atom stereocenters. The van der Waals surface area contributed by atoms with E-state index < -0.39 is 5.91 Å². The highest BCUT2D eigenvalue weighted by Gasteiger charge is 2.18. The van der Waals surface area contributed by atoms with E-state index in [1.165, 1.54) is 12.8 Å². The van der Waals surface area contributed by atoms with Crippen LogP contribution in [-0.4, -0.2) is 49.4 Å². The number of rotatable bonds is 5. The van der Waals surface area contributed by atoms with Crippen molar-refractivity contribution in [2.75, 3.05) is 26.7 Å². The van der Waals surface area contributed by atoms with Crippen LogP contribution in [0.1, 0.15) is 35.7 Å². The van der Waals surface area contributed by atoms with Crippen molar-refractivity contribution in [2.24, 2.45) is 16.6 Å². The summed E-state index contributed by atoms with van der Waals surface area (Å²) in [6.07, 6.45) is 2.38. The molecule has 7 heteroatoms. The van der Waals surface area contributed by atoms with Crippen molar-refractivity contribution < 1.29 is 9.59 Å². The van der Waals surface area contributed by atoms with E-state index in [0.29, 0.717) is 12.1 Å². The summed E-state index contributed by atoms with van der Waals surface area (Å²) in [5.41, 5.74) is 6.57. The number of amides is 2. The third-order valence-corrected chi connectivity index (χ3v) is 4.38. The molecule has 0 saturated carbocycles. The Labute approximate surface area is 148 Å². The maximum Gasteiger partial charge on any atom is 0.251 e. The van der Waals surface area contributed by atoms with Gasteiger partial charge >= 0.3 is 0 Å². The lowest BCUT2D eigenvalue weighted by Crippen LogP contribution is -2.45. The first kappa shape index (κ1) is 18.8. The molecule has 1 aliphatic heterocycles. The van der Waals surface area contributed by atoms with Crippen LogP contribution in [0, 0.1) is 5.92 Å². The number of piperidine rings is 1. The molecule has 25 heavy (non-hydrogen) atoms. The van der Waals surface area contributed by atoms with Gasteiger partial charge in [0.2, 0.25) is 5.91 Å². The summed E-state index contributed by atoms with van der Waals surface area (Å²) in [6, 6.07) is 7.24. The maximum absolute atomic E-state index is 11.8.